The molecule has 0 aliphatic rings. The molecule has 0 amide bonds. The molecule has 0 fully saturated rings. The van der Waals surface area contributed by atoms with Gasteiger partial charge < -0.3 is 0 Å². The predicted octanol–water partition coefficient (Wildman–Crippen LogP) is 9.91. The van der Waals surface area contributed by atoms with Crippen molar-refractivity contribution in [2.45, 2.75) is 57.8 Å². The van der Waals surface area contributed by atoms with Gasteiger partial charge in [0.25, 0.3) is 0 Å². The number of nitrogens with zero attached hydrogens (tertiary/aromatic N) is 1. The molecule has 1 nitrogen and oxygen atoms in total. The Morgan fingerprint density at radius 2 is 1.60 bits per heavy atom. The van der Waals surface area contributed by atoms with Gasteiger partial charge in [-0.15, -0.1) is 11.3 Å². The van der Waals surface area contributed by atoms with Crippen LogP contribution in [0.5, 0.6) is 0 Å². The molecular formula is C30H31F2NSSi. The molecule has 0 saturated heterocycles. The van der Waals surface area contributed by atoms with Gasteiger partial charge in [0.2, 0.25) is 5.92 Å². The summed E-state index contributed by atoms with van der Waals surface area (Å²) in [5.74, 6) is -2.32. The minimum Gasteiger partial charge on any atom is -0.255 e. The second-order valence-corrected chi connectivity index (χ2v) is 17.6. The zero-order chi connectivity index (χ0) is 25.0. The molecule has 0 radical (unpaired) electrons. The molecule has 5 rings (SSSR count). The maximum absolute atomic E-state index is 15.0. The normalized spacial score (nSPS) is 12.9. The molecule has 3 aromatic carbocycles. The number of hydrogen-bond donors (Lipinski definition) is 0. The topological polar surface area (TPSA) is 12.9 Å². The summed E-state index contributed by atoms with van der Waals surface area (Å²) in [5, 5.41) is 4.59. The Balaban J connectivity index is 1.69. The average molecular weight is 504 g/mol. The first-order valence-corrected chi connectivity index (χ1v) is 16.7. The lowest BCUT2D eigenvalue weighted by atomic mass is 9.92. The van der Waals surface area contributed by atoms with E-state index in [9.17, 15) is 0 Å². The van der Waals surface area contributed by atoms with Gasteiger partial charge in [0.05, 0.1) is 18.5 Å². The Morgan fingerprint density at radius 3 is 2.34 bits per heavy atom. The number of pyridine rings is 1. The molecule has 35 heavy (non-hydrogen) atoms. The molecule has 0 atom stereocenters. The SMILES string of the molecule is CC(C)c1cc(-c2nccc3c2sc2c(CC(F)(F)C[Si](C)(C)C)cccc23)cc2ccccc12. The highest BCUT2D eigenvalue weighted by molar-refractivity contribution is 7.26. The van der Waals surface area contributed by atoms with Crippen molar-refractivity contribution in [1.82, 2.24) is 4.98 Å². The smallest absolute Gasteiger partial charge is 0.249 e. The van der Waals surface area contributed by atoms with Crippen molar-refractivity contribution in [3.63, 3.8) is 0 Å². The highest BCUT2D eigenvalue weighted by Crippen LogP contribution is 2.43. The van der Waals surface area contributed by atoms with Gasteiger partial charge in [-0.1, -0.05) is 76.0 Å². The highest BCUT2D eigenvalue weighted by Gasteiger charge is 2.36. The van der Waals surface area contributed by atoms with Gasteiger partial charge in [-0.25, -0.2) is 8.78 Å². The molecular weight excluding hydrogens is 472 g/mol. The Hall–Kier alpha value is -2.63. The molecule has 0 aliphatic heterocycles. The number of alkyl halides is 2. The molecule has 0 saturated carbocycles. The third-order valence-electron chi connectivity index (χ3n) is 6.52. The predicted molar refractivity (Wildman–Crippen MR) is 151 cm³/mol. The quantitative estimate of drug-likeness (QED) is 0.210. The van der Waals surface area contributed by atoms with Gasteiger partial charge >= 0.3 is 0 Å². The van der Waals surface area contributed by atoms with Crippen LogP contribution in [0.4, 0.5) is 8.78 Å². The first-order chi connectivity index (χ1) is 16.5. The summed E-state index contributed by atoms with van der Waals surface area (Å²) in [6, 6.07) is 20.8. The molecule has 180 valence electrons. The number of fused-ring (bicyclic) bond motifs is 4. The largest absolute Gasteiger partial charge is 0.255 e. The molecule has 5 aromatic rings. The molecule has 0 N–H and O–H groups in total. The van der Waals surface area contributed by atoms with E-state index in [0.717, 1.165) is 37.0 Å². The number of rotatable bonds is 6. The van der Waals surface area contributed by atoms with Gasteiger partial charge in [0.15, 0.2) is 0 Å². The van der Waals surface area contributed by atoms with Crippen molar-refractivity contribution in [2.24, 2.45) is 0 Å². The van der Waals surface area contributed by atoms with Crippen LogP contribution in [0.3, 0.4) is 0 Å². The van der Waals surface area contributed by atoms with E-state index in [4.69, 9.17) is 4.98 Å². The summed E-state index contributed by atoms with van der Waals surface area (Å²) in [7, 11) is -1.89. The van der Waals surface area contributed by atoms with Crippen LogP contribution >= 0.6 is 11.3 Å². The summed E-state index contributed by atoms with van der Waals surface area (Å²) in [6.45, 7) is 10.5. The lowest BCUT2D eigenvalue weighted by molar-refractivity contribution is 0.0216. The van der Waals surface area contributed by atoms with Crippen molar-refractivity contribution in [2.75, 3.05) is 0 Å². The van der Waals surface area contributed by atoms with Crippen LogP contribution in [0.1, 0.15) is 30.9 Å². The van der Waals surface area contributed by atoms with E-state index in [-0.39, 0.29) is 12.5 Å². The number of halogens is 2. The number of benzene rings is 3. The van der Waals surface area contributed by atoms with Crippen molar-refractivity contribution in [3.05, 3.63) is 78.0 Å². The molecule has 0 aliphatic carbocycles. The van der Waals surface area contributed by atoms with Crippen LogP contribution in [0.25, 0.3) is 42.2 Å². The molecule has 2 aromatic heterocycles. The third kappa shape index (κ3) is 4.76. The van der Waals surface area contributed by atoms with Crippen LogP contribution in [-0.2, 0) is 6.42 Å². The lowest BCUT2D eigenvalue weighted by Crippen LogP contribution is -2.32. The monoisotopic (exact) mass is 503 g/mol. The minimum atomic E-state index is -2.69. The minimum absolute atomic E-state index is 0.00313. The fourth-order valence-corrected chi connectivity index (χ4v) is 8.19. The van der Waals surface area contributed by atoms with Gasteiger partial charge in [0.1, 0.15) is 0 Å². The summed E-state index contributed by atoms with van der Waals surface area (Å²) >= 11 is 1.60. The number of aromatic nitrogens is 1. The van der Waals surface area contributed by atoms with E-state index < -0.39 is 14.0 Å². The Kier molecular flexibility index (Phi) is 6.05. The second kappa shape index (κ2) is 8.79. The van der Waals surface area contributed by atoms with Crippen LogP contribution < -0.4 is 0 Å². The highest BCUT2D eigenvalue weighted by atomic mass is 32.1. The fraction of sp³-hybridized carbons (Fsp3) is 0.300. The average Bonchev–Trinajstić information content (AvgIpc) is 3.16. The van der Waals surface area contributed by atoms with Gasteiger partial charge in [-0.05, 0) is 46.0 Å². The van der Waals surface area contributed by atoms with Crippen LogP contribution in [0, 0.1) is 0 Å². The summed E-state index contributed by atoms with van der Waals surface area (Å²) in [5.41, 5.74) is 4.04. The second-order valence-electron chi connectivity index (χ2n) is 11.1. The van der Waals surface area contributed by atoms with Crippen molar-refractivity contribution in [1.29, 1.82) is 0 Å². The van der Waals surface area contributed by atoms with E-state index in [1.54, 1.807) is 11.3 Å². The van der Waals surface area contributed by atoms with Gasteiger partial charge in [-0.2, -0.15) is 0 Å². The molecule has 2 heterocycles. The zero-order valence-corrected chi connectivity index (χ0v) is 22.8. The molecule has 0 bridgehead atoms. The van der Waals surface area contributed by atoms with E-state index in [1.807, 2.05) is 44.0 Å². The number of thiophene rings is 1. The van der Waals surface area contributed by atoms with Crippen molar-refractivity contribution in [3.8, 4) is 11.3 Å². The van der Waals surface area contributed by atoms with Crippen LogP contribution in [0.15, 0.2) is 66.9 Å². The van der Waals surface area contributed by atoms with Crippen LogP contribution in [-0.4, -0.2) is 19.0 Å². The summed E-state index contributed by atoms with van der Waals surface area (Å²) < 4.78 is 32.1. The fourth-order valence-electron chi connectivity index (χ4n) is 5.20. The number of hydrogen-bond acceptors (Lipinski definition) is 2. The lowest BCUT2D eigenvalue weighted by Gasteiger charge is -2.24. The Labute approximate surface area is 210 Å². The van der Waals surface area contributed by atoms with Crippen molar-refractivity contribution < 1.29 is 8.78 Å². The Morgan fingerprint density at radius 1 is 0.886 bits per heavy atom. The molecule has 0 spiro atoms. The van der Waals surface area contributed by atoms with E-state index in [1.165, 1.54) is 16.3 Å². The molecule has 0 unspecified atom stereocenters. The van der Waals surface area contributed by atoms with E-state index >= 15 is 8.78 Å². The van der Waals surface area contributed by atoms with Gasteiger partial charge in [0, 0.05) is 39.7 Å². The van der Waals surface area contributed by atoms with Crippen LogP contribution in [0.2, 0.25) is 25.7 Å². The first-order valence-electron chi connectivity index (χ1n) is 12.2. The summed E-state index contributed by atoms with van der Waals surface area (Å²) in [6.07, 6.45) is 1.64. The van der Waals surface area contributed by atoms with Crippen molar-refractivity contribution >= 4 is 50.4 Å². The third-order valence-corrected chi connectivity index (χ3v) is 9.40. The first kappa shape index (κ1) is 24.1. The van der Waals surface area contributed by atoms with Gasteiger partial charge in [-0.3, -0.25) is 4.98 Å². The zero-order valence-electron chi connectivity index (χ0n) is 21.0. The maximum Gasteiger partial charge on any atom is 0.249 e. The standard InChI is InChI=1S/C30H31F2NSSi/c1-19(2)26-16-22(15-20-9-6-7-11-23(20)26)27-29-25(13-14-33-27)24-12-8-10-21(28(24)34-29)17-30(31,32)18-35(3,4)5/h6-16,19H,17-18H2,1-5H3. The molecule has 5 heteroatoms. The van der Waals surface area contributed by atoms with E-state index in [0.29, 0.717) is 5.92 Å². The maximum atomic E-state index is 15.0. The van der Waals surface area contributed by atoms with E-state index in [2.05, 4.69) is 56.3 Å². The summed E-state index contributed by atoms with van der Waals surface area (Å²) in [4.78, 5) is 4.80. The Bertz CT molecular complexity index is 1550.